The van der Waals surface area contributed by atoms with E-state index in [9.17, 15) is 4.79 Å². The molecule has 0 spiro atoms. The summed E-state index contributed by atoms with van der Waals surface area (Å²) in [5.74, 6) is -0.895. The molecule has 0 amide bonds. The Morgan fingerprint density at radius 1 is 1.67 bits per heavy atom. The molecule has 2 aromatic rings. The fourth-order valence-electron chi connectivity index (χ4n) is 1.50. The van der Waals surface area contributed by atoms with E-state index in [1.54, 1.807) is 12.3 Å². The van der Waals surface area contributed by atoms with Gasteiger partial charge in [0.2, 0.25) is 0 Å². The first-order valence-corrected chi connectivity index (χ1v) is 6.87. The van der Waals surface area contributed by atoms with Crippen molar-refractivity contribution < 1.29 is 9.90 Å². The standard InChI is InChI=1S/C11H10BrN3O2S/c1-2-3-15-10-8(4-7(12)5-13-10)14-11(15)18-6-9(16)17/h2,4-5H,1,3,6H2,(H,16,17). The Balaban J connectivity index is 2.46. The predicted octanol–water partition coefficient (Wildman–Crippen LogP) is 2.56. The van der Waals surface area contributed by atoms with Crippen molar-refractivity contribution in [2.45, 2.75) is 11.7 Å². The van der Waals surface area contributed by atoms with Crippen LogP contribution in [-0.2, 0) is 11.3 Å². The summed E-state index contributed by atoms with van der Waals surface area (Å²) in [4.78, 5) is 19.3. The summed E-state index contributed by atoms with van der Waals surface area (Å²) in [6.07, 6.45) is 3.42. The Morgan fingerprint density at radius 3 is 3.11 bits per heavy atom. The number of carbonyl (C=O) groups is 1. The van der Waals surface area contributed by atoms with Crippen LogP contribution in [0.1, 0.15) is 0 Å². The number of allylic oxidation sites excluding steroid dienone is 1. The average molecular weight is 328 g/mol. The molecule has 94 valence electrons. The maximum atomic E-state index is 10.6. The van der Waals surface area contributed by atoms with Crippen LogP contribution < -0.4 is 0 Å². The largest absolute Gasteiger partial charge is 0.481 e. The number of pyridine rings is 1. The number of carboxylic acids is 1. The predicted molar refractivity (Wildman–Crippen MR) is 73.8 cm³/mol. The van der Waals surface area contributed by atoms with Gasteiger partial charge < -0.3 is 5.11 Å². The molecular weight excluding hydrogens is 318 g/mol. The van der Waals surface area contributed by atoms with E-state index in [-0.39, 0.29) is 5.75 Å². The third-order valence-electron chi connectivity index (χ3n) is 2.15. The monoisotopic (exact) mass is 327 g/mol. The minimum Gasteiger partial charge on any atom is -0.481 e. The number of nitrogens with zero attached hydrogens (tertiary/aromatic N) is 3. The molecule has 0 bridgehead atoms. The molecule has 0 saturated carbocycles. The summed E-state index contributed by atoms with van der Waals surface area (Å²) in [6, 6.07) is 1.85. The Hall–Kier alpha value is -1.34. The summed E-state index contributed by atoms with van der Waals surface area (Å²) < 4.78 is 2.69. The molecule has 2 heterocycles. The van der Waals surface area contributed by atoms with Gasteiger partial charge in [-0.25, -0.2) is 9.97 Å². The molecule has 1 N–H and O–H groups in total. The smallest absolute Gasteiger partial charge is 0.313 e. The van der Waals surface area contributed by atoms with Crippen LogP contribution in [0.4, 0.5) is 0 Å². The van der Waals surface area contributed by atoms with Gasteiger partial charge in [-0.15, -0.1) is 6.58 Å². The number of halogens is 1. The van der Waals surface area contributed by atoms with Crippen molar-refractivity contribution in [3.05, 3.63) is 29.4 Å². The number of fused-ring (bicyclic) bond motifs is 1. The maximum Gasteiger partial charge on any atom is 0.313 e. The number of thioether (sulfide) groups is 1. The van der Waals surface area contributed by atoms with Crippen LogP contribution in [0.25, 0.3) is 11.2 Å². The lowest BCUT2D eigenvalue weighted by Gasteiger charge is -2.03. The first-order valence-electron chi connectivity index (χ1n) is 5.09. The van der Waals surface area contributed by atoms with Crippen molar-refractivity contribution in [3.8, 4) is 0 Å². The molecule has 0 radical (unpaired) electrons. The number of rotatable bonds is 5. The lowest BCUT2D eigenvalue weighted by molar-refractivity contribution is -0.133. The molecule has 0 atom stereocenters. The lowest BCUT2D eigenvalue weighted by Crippen LogP contribution is -2.02. The third-order valence-corrected chi connectivity index (χ3v) is 3.55. The number of imidazole rings is 1. The van der Waals surface area contributed by atoms with Gasteiger partial charge in [0, 0.05) is 17.2 Å². The van der Waals surface area contributed by atoms with E-state index in [4.69, 9.17) is 5.11 Å². The molecule has 0 aliphatic heterocycles. The first kappa shape index (κ1) is 13.1. The van der Waals surface area contributed by atoms with E-state index in [1.807, 2.05) is 10.6 Å². The van der Waals surface area contributed by atoms with Crippen LogP contribution in [0.5, 0.6) is 0 Å². The summed E-state index contributed by atoms with van der Waals surface area (Å²) >= 11 is 4.51. The van der Waals surface area contributed by atoms with Crippen molar-refractivity contribution in [3.63, 3.8) is 0 Å². The van der Waals surface area contributed by atoms with Crippen molar-refractivity contribution in [1.29, 1.82) is 0 Å². The highest BCUT2D eigenvalue weighted by atomic mass is 79.9. The van der Waals surface area contributed by atoms with E-state index < -0.39 is 5.97 Å². The fraction of sp³-hybridized carbons (Fsp3) is 0.182. The quantitative estimate of drug-likeness (QED) is 0.675. The maximum absolute atomic E-state index is 10.6. The highest BCUT2D eigenvalue weighted by Gasteiger charge is 2.13. The van der Waals surface area contributed by atoms with E-state index in [0.717, 1.165) is 15.6 Å². The Bertz CT molecular complexity index is 612. The molecule has 0 fully saturated rings. The van der Waals surface area contributed by atoms with Crippen molar-refractivity contribution in [1.82, 2.24) is 14.5 Å². The van der Waals surface area contributed by atoms with Gasteiger partial charge in [0.15, 0.2) is 10.8 Å². The minimum absolute atomic E-state index is 0.0262. The van der Waals surface area contributed by atoms with Gasteiger partial charge in [-0.2, -0.15) is 0 Å². The molecule has 2 aromatic heterocycles. The molecule has 0 aliphatic carbocycles. The topological polar surface area (TPSA) is 68.0 Å². The van der Waals surface area contributed by atoms with Crippen molar-refractivity contribution >= 4 is 44.8 Å². The molecular formula is C11H10BrN3O2S. The Labute approximate surface area is 116 Å². The van der Waals surface area contributed by atoms with Gasteiger partial charge in [0.1, 0.15) is 5.52 Å². The van der Waals surface area contributed by atoms with E-state index in [1.165, 1.54) is 11.8 Å². The Morgan fingerprint density at radius 2 is 2.44 bits per heavy atom. The highest BCUT2D eigenvalue weighted by Crippen LogP contribution is 2.24. The zero-order valence-electron chi connectivity index (χ0n) is 9.34. The van der Waals surface area contributed by atoms with E-state index >= 15 is 0 Å². The number of hydrogen-bond donors (Lipinski definition) is 1. The minimum atomic E-state index is -0.869. The molecule has 0 aromatic carbocycles. The third kappa shape index (κ3) is 2.73. The van der Waals surface area contributed by atoms with Gasteiger partial charge in [-0.1, -0.05) is 17.8 Å². The van der Waals surface area contributed by atoms with E-state index in [0.29, 0.717) is 11.7 Å². The average Bonchev–Trinajstić information content (AvgIpc) is 2.64. The van der Waals surface area contributed by atoms with Crippen LogP contribution >= 0.6 is 27.7 Å². The fourth-order valence-corrected chi connectivity index (χ4v) is 2.55. The second kappa shape index (κ2) is 5.53. The van der Waals surface area contributed by atoms with Gasteiger partial charge in [0.25, 0.3) is 0 Å². The van der Waals surface area contributed by atoms with Crippen LogP contribution in [0.3, 0.4) is 0 Å². The van der Waals surface area contributed by atoms with Crippen LogP contribution in [0, 0.1) is 0 Å². The SMILES string of the molecule is C=CCn1c(SCC(=O)O)nc2cc(Br)cnc21. The number of carboxylic acid groups (broad SMARTS) is 1. The number of hydrogen-bond acceptors (Lipinski definition) is 4. The normalized spacial score (nSPS) is 10.7. The van der Waals surface area contributed by atoms with Gasteiger partial charge in [-0.05, 0) is 22.0 Å². The second-order valence-corrected chi connectivity index (χ2v) is 5.33. The van der Waals surface area contributed by atoms with Crippen molar-refractivity contribution in [2.24, 2.45) is 0 Å². The number of aromatic nitrogens is 3. The second-order valence-electron chi connectivity index (χ2n) is 3.47. The van der Waals surface area contributed by atoms with Crippen molar-refractivity contribution in [2.75, 3.05) is 5.75 Å². The molecule has 0 saturated heterocycles. The van der Waals surface area contributed by atoms with Crippen LogP contribution in [0.2, 0.25) is 0 Å². The van der Waals surface area contributed by atoms with Gasteiger partial charge >= 0.3 is 5.97 Å². The summed E-state index contributed by atoms with van der Waals surface area (Å²) in [7, 11) is 0. The van der Waals surface area contributed by atoms with Gasteiger partial charge in [-0.3, -0.25) is 9.36 Å². The lowest BCUT2D eigenvalue weighted by atomic mass is 10.4. The Kier molecular flexibility index (Phi) is 4.03. The molecule has 0 unspecified atom stereocenters. The highest BCUT2D eigenvalue weighted by molar-refractivity contribution is 9.10. The summed E-state index contributed by atoms with van der Waals surface area (Å²) in [5.41, 5.74) is 1.46. The zero-order valence-corrected chi connectivity index (χ0v) is 11.7. The van der Waals surface area contributed by atoms with E-state index in [2.05, 4.69) is 32.5 Å². The van der Waals surface area contributed by atoms with Crippen LogP contribution in [-0.4, -0.2) is 31.4 Å². The molecule has 18 heavy (non-hydrogen) atoms. The molecule has 5 nitrogen and oxygen atoms in total. The molecule has 2 rings (SSSR count). The first-order chi connectivity index (χ1) is 8.61. The molecule has 0 aliphatic rings. The number of aliphatic carboxylic acids is 1. The molecule has 7 heteroatoms. The zero-order chi connectivity index (χ0) is 13.1. The summed E-state index contributed by atoms with van der Waals surface area (Å²) in [6.45, 7) is 4.23. The van der Waals surface area contributed by atoms with Crippen LogP contribution in [0.15, 0.2) is 34.5 Å². The summed E-state index contributed by atoms with van der Waals surface area (Å²) in [5, 5.41) is 9.35. The van der Waals surface area contributed by atoms with Gasteiger partial charge in [0.05, 0.1) is 5.75 Å².